The molecule has 0 aliphatic carbocycles. The maximum atomic E-state index is 13.7. The lowest BCUT2D eigenvalue weighted by Gasteiger charge is -2.05. The monoisotopic (exact) mass is 503 g/mol. The quantitative estimate of drug-likeness (QED) is 0.244. The van der Waals surface area contributed by atoms with Crippen LogP contribution in [0.4, 0.5) is 5.69 Å². The summed E-state index contributed by atoms with van der Waals surface area (Å²) in [5.74, 6) is 0. The summed E-state index contributed by atoms with van der Waals surface area (Å²) in [4.78, 5) is 29.6. The highest BCUT2D eigenvalue weighted by Crippen LogP contribution is 2.45. The number of fused-ring (bicyclic) bond motifs is 6. The molecule has 0 bridgehead atoms. The molecule has 0 spiro atoms. The van der Waals surface area contributed by atoms with E-state index in [1.807, 2.05) is 50.2 Å². The minimum absolute atomic E-state index is 0.0533. The minimum Gasteiger partial charge on any atom is -0.399 e. The number of hydrogen-bond acceptors (Lipinski definition) is 5. The molecule has 0 amide bonds. The third-order valence-electron chi connectivity index (χ3n) is 7.39. The van der Waals surface area contributed by atoms with Gasteiger partial charge in [0.15, 0.2) is 10.9 Å². The van der Waals surface area contributed by atoms with E-state index < -0.39 is 0 Å². The second kappa shape index (κ2) is 7.36. The van der Waals surface area contributed by atoms with Crippen LogP contribution in [0.3, 0.4) is 0 Å². The van der Waals surface area contributed by atoms with Gasteiger partial charge in [0.05, 0.1) is 0 Å². The molecular weight excluding hydrogens is 482 g/mol. The Morgan fingerprint density at radius 2 is 1.00 bits per heavy atom. The highest BCUT2D eigenvalue weighted by molar-refractivity contribution is 7.24. The summed E-state index contributed by atoms with van der Waals surface area (Å²) in [7, 11) is 0. The standard InChI is InChI=1S/C31H21NO2S2/c1-14-4-6-17(7-5-14)22-12-20-28(33)24-16(3)27-25(15(2)26(24)30(20)35-22)29(34)21-13-23(36-31(21)27)18-8-10-19(32)11-9-18/h4-13H,32H2,1-3H3. The second-order valence-electron chi connectivity index (χ2n) is 9.60. The Hall–Kier alpha value is -3.80. The Kier molecular flexibility index (Phi) is 4.39. The van der Waals surface area contributed by atoms with E-state index in [-0.39, 0.29) is 10.9 Å². The van der Waals surface area contributed by atoms with Crippen molar-refractivity contribution in [2.45, 2.75) is 20.8 Å². The topological polar surface area (TPSA) is 60.2 Å². The fraction of sp³-hybridized carbons (Fsp3) is 0.0968. The van der Waals surface area contributed by atoms with Crippen molar-refractivity contribution in [2.75, 3.05) is 5.73 Å². The molecular formula is C31H21NO2S2. The van der Waals surface area contributed by atoms with E-state index in [1.54, 1.807) is 22.7 Å². The molecule has 0 radical (unpaired) electrons. The molecule has 174 valence electrons. The van der Waals surface area contributed by atoms with E-state index in [9.17, 15) is 9.59 Å². The molecule has 0 atom stereocenters. The highest BCUT2D eigenvalue weighted by atomic mass is 32.1. The molecule has 5 aromatic carbocycles. The van der Waals surface area contributed by atoms with Crippen molar-refractivity contribution < 1.29 is 0 Å². The summed E-state index contributed by atoms with van der Waals surface area (Å²) in [5, 5.41) is 4.86. The largest absolute Gasteiger partial charge is 0.399 e. The van der Waals surface area contributed by atoms with Crippen molar-refractivity contribution >= 4 is 70.1 Å². The van der Waals surface area contributed by atoms with Gasteiger partial charge in [0, 0.05) is 57.2 Å². The maximum absolute atomic E-state index is 13.7. The summed E-state index contributed by atoms with van der Waals surface area (Å²) in [6, 6.07) is 20.1. The molecule has 7 aromatic rings. The van der Waals surface area contributed by atoms with E-state index in [4.69, 9.17) is 5.73 Å². The number of aryl methyl sites for hydroxylation is 3. The predicted octanol–water partition coefficient (Wildman–Crippen LogP) is 7.86. The van der Waals surface area contributed by atoms with Crippen molar-refractivity contribution in [3.63, 3.8) is 0 Å². The molecule has 2 heterocycles. The number of thiophene rings is 2. The van der Waals surface area contributed by atoms with Gasteiger partial charge in [0.1, 0.15) is 0 Å². The maximum Gasteiger partial charge on any atom is 0.195 e. The number of benzene rings is 3. The lowest BCUT2D eigenvalue weighted by Crippen LogP contribution is -2.00. The molecule has 3 nitrogen and oxygen atoms in total. The number of hydrogen-bond donors (Lipinski definition) is 1. The average Bonchev–Trinajstić information content (AvgIpc) is 3.60. The van der Waals surface area contributed by atoms with Crippen LogP contribution >= 0.6 is 22.7 Å². The summed E-state index contributed by atoms with van der Waals surface area (Å²) < 4.78 is 1.95. The molecule has 7 rings (SSSR count). The van der Waals surface area contributed by atoms with Crippen LogP contribution in [-0.2, 0) is 0 Å². The minimum atomic E-state index is 0.0533. The molecule has 36 heavy (non-hydrogen) atoms. The van der Waals surface area contributed by atoms with E-state index in [1.165, 1.54) is 5.56 Å². The number of anilines is 1. The van der Waals surface area contributed by atoms with Crippen molar-refractivity contribution in [2.24, 2.45) is 0 Å². The Morgan fingerprint density at radius 3 is 1.44 bits per heavy atom. The van der Waals surface area contributed by atoms with Gasteiger partial charge in [-0.3, -0.25) is 9.59 Å². The van der Waals surface area contributed by atoms with Crippen molar-refractivity contribution in [1.82, 2.24) is 0 Å². The van der Waals surface area contributed by atoms with E-state index in [2.05, 4.69) is 31.2 Å². The zero-order valence-corrected chi connectivity index (χ0v) is 21.6. The molecule has 2 aromatic heterocycles. The van der Waals surface area contributed by atoms with E-state index >= 15 is 0 Å². The van der Waals surface area contributed by atoms with Gasteiger partial charge in [-0.15, -0.1) is 22.7 Å². The Bertz CT molecular complexity index is 1950. The smallest absolute Gasteiger partial charge is 0.195 e. The predicted molar refractivity (Wildman–Crippen MR) is 157 cm³/mol. The summed E-state index contributed by atoms with van der Waals surface area (Å²) in [5.41, 5.74) is 11.9. The van der Waals surface area contributed by atoms with Crippen LogP contribution in [-0.4, -0.2) is 0 Å². The summed E-state index contributed by atoms with van der Waals surface area (Å²) >= 11 is 3.26. The Labute approximate surface area is 214 Å². The summed E-state index contributed by atoms with van der Waals surface area (Å²) in [6.45, 7) is 6.07. The SMILES string of the molecule is Cc1ccc(-c2cc3c(=O)c4c(C)c5c(c(C)c4c3s2)c(=O)c2cc(-c3ccc(N)cc3)sc25)cc1. The van der Waals surface area contributed by atoms with Gasteiger partial charge in [-0.05, 0) is 67.3 Å². The van der Waals surface area contributed by atoms with Crippen LogP contribution in [0.25, 0.3) is 62.6 Å². The number of nitrogen functional groups attached to an aromatic ring is 1. The van der Waals surface area contributed by atoms with Crippen LogP contribution in [0.5, 0.6) is 0 Å². The zero-order chi connectivity index (χ0) is 24.9. The fourth-order valence-electron chi connectivity index (χ4n) is 5.55. The van der Waals surface area contributed by atoms with Gasteiger partial charge in [0.25, 0.3) is 0 Å². The van der Waals surface area contributed by atoms with Crippen molar-refractivity contribution in [3.8, 4) is 20.9 Å². The summed E-state index contributed by atoms with van der Waals surface area (Å²) in [6.07, 6.45) is 0. The van der Waals surface area contributed by atoms with Crippen LogP contribution in [0, 0.1) is 20.8 Å². The van der Waals surface area contributed by atoms with E-state index in [0.717, 1.165) is 73.7 Å². The average molecular weight is 504 g/mol. The third-order valence-corrected chi connectivity index (χ3v) is 9.80. The fourth-order valence-corrected chi connectivity index (χ4v) is 8.08. The van der Waals surface area contributed by atoms with E-state index in [0.29, 0.717) is 5.69 Å². The van der Waals surface area contributed by atoms with Crippen LogP contribution < -0.4 is 16.6 Å². The first kappa shape index (κ1) is 21.5. The van der Waals surface area contributed by atoms with Crippen LogP contribution in [0.2, 0.25) is 0 Å². The molecule has 0 fully saturated rings. The molecule has 2 N–H and O–H groups in total. The molecule has 0 aliphatic rings. The lowest BCUT2D eigenvalue weighted by molar-refractivity contribution is 1.48. The Morgan fingerprint density at radius 1 is 0.583 bits per heavy atom. The van der Waals surface area contributed by atoms with Crippen molar-refractivity contribution in [1.29, 1.82) is 0 Å². The first-order valence-corrected chi connectivity index (χ1v) is 13.4. The molecule has 0 saturated carbocycles. The Balaban J connectivity index is 1.54. The van der Waals surface area contributed by atoms with Crippen LogP contribution in [0.15, 0.2) is 70.3 Å². The number of rotatable bonds is 2. The lowest BCUT2D eigenvalue weighted by atomic mass is 9.99. The van der Waals surface area contributed by atoms with Crippen LogP contribution in [0.1, 0.15) is 16.7 Å². The molecule has 0 aliphatic heterocycles. The molecule has 5 heteroatoms. The molecule has 0 unspecified atom stereocenters. The second-order valence-corrected chi connectivity index (χ2v) is 11.7. The third kappa shape index (κ3) is 2.78. The van der Waals surface area contributed by atoms with Gasteiger partial charge in [-0.1, -0.05) is 42.0 Å². The van der Waals surface area contributed by atoms with Gasteiger partial charge in [-0.2, -0.15) is 0 Å². The first-order valence-electron chi connectivity index (χ1n) is 11.8. The number of nitrogens with two attached hydrogens (primary N) is 1. The first-order chi connectivity index (χ1) is 17.3. The molecule has 0 saturated heterocycles. The normalized spacial score (nSPS) is 12.1. The highest BCUT2D eigenvalue weighted by Gasteiger charge is 2.25. The van der Waals surface area contributed by atoms with Gasteiger partial charge < -0.3 is 5.73 Å². The van der Waals surface area contributed by atoms with Gasteiger partial charge >= 0.3 is 0 Å². The van der Waals surface area contributed by atoms with Crippen molar-refractivity contribution in [3.05, 3.63) is 97.8 Å². The zero-order valence-electron chi connectivity index (χ0n) is 20.0. The van der Waals surface area contributed by atoms with Gasteiger partial charge in [0.2, 0.25) is 0 Å². The van der Waals surface area contributed by atoms with Gasteiger partial charge in [-0.25, -0.2) is 0 Å².